The van der Waals surface area contributed by atoms with Crippen molar-refractivity contribution in [3.8, 4) is 0 Å². The third kappa shape index (κ3) is 9.64. The molecule has 0 aromatic carbocycles. The molecule has 14 nitrogen and oxygen atoms in total. The molecule has 0 aliphatic carbocycles. The van der Waals surface area contributed by atoms with Crippen molar-refractivity contribution in [3.63, 3.8) is 0 Å². The standard InChI is InChI=1S/C23H39N4O10PS/c1-13(2)36-20(30)14(3)26-38(33,34-9-10-39-21(31)23(4,5)6)35-12-16-15(11-28)18(29)19(37-16)27-8-7-17(24)25-22(27)32/h7-8,13-16,18-19,28-29H,9-12H2,1-6H3,(H,26,33)(H2,24,25,32)/t14-,15-,16-,18-,19-,38-/m1/s1. The van der Waals surface area contributed by atoms with E-state index in [2.05, 4.69) is 10.1 Å². The fourth-order valence-corrected chi connectivity index (χ4v) is 5.83. The molecule has 0 spiro atoms. The Balaban J connectivity index is 2.15. The van der Waals surface area contributed by atoms with Crippen molar-refractivity contribution < 1.29 is 42.9 Å². The third-order valence-corrected chi connectivity index (χ3v) is 8.48. The molecule has 222 valence electrons. The number of anilines is 1. The minimum absolute atomic E-state index is 0.0148. The number of nitrogens with zero attached hydrogens (tertiary/aromatic N) is 2. The molecular weight excluding hydrogens is 555 g/mol. The van der Waals surface area contributed by atoms with Crippen molar-refractivity contribution in [2.24, 2.45) is 11.3 Å². The molecule has 1 aliphatic heterocycles. The zero-order valence-corrected chi connectivity index (χ0v) is 24.6. The van der Waals surface area contributed by atoms with Gasteiger partial charge in [-0.15, -0.1) is 0 Å². The second-order valence-corrected chi connectivity index (χ2v) is 13.1. The zero-order valence-electron chi connectivity index (χ0n) is 22.9. The number of hydrogen-bond acceptors (Lipinski definition) is 13. The van der Waals surface area contributed by atoms with Crippen LogP contribution in [0.4, 0.5) is 5.82 Å². The number of nitrogens with one attached hydrogen (secondary N) is 1. The summed E-state index contributed by atoms with van der Waals surface area (Å²) >= 11 is 1.01. The van der Waals surface area contributed by atoms with Gasteiger partial charge in [0.1, 0.15) is 18.0 Å². The van der Waals surface area contributed by atoms with Gasteiger partial charge in [0.2, 0.25) is 0 Å². The number of carbonyl (C=O) groups is 2. The average molecular weight is 595 g/mol. The van der Waals surface area contributed by atoms with Crippen molar-refractivity contribution in [2.45, 2.75) is 72.1 Å². The van der Waals surface area contributed by atoms with Crippen LogP contribution < -0.4 is 16.5 Å². The molecule has 0 amide bonds. The molecule has 39 heavy (non-hydrogen) atoms. The largest absolute Gasteiger partial charge is 0.462 e. The van der Waals surface area contributed by atoms with Gasteiger partial charge in [-0.25, -0.2) is 14.4 Å². The number of thioether (sulfide) groups is 1. The molecule has 1 aliphatic rings. The normalized spacial score (nSPS) is 23.9. The summed E-state index contributed by atoms with van der Waals surface area (Å²) in [7, 11) is -4.21. The van der Waals surface area contributed by atoms with Gasteiger partial charge in [0, 0.05) is 23.3 Å². The molecule has 0 unspecified atom stereocenters. The van der Waals surface area contributed by atoms with Crippen LogP contribution in [0.3, 0.4) is 0 Å². The Kier molecular flexibility index (Phi) is 12.1. The minimum Gasteiger partial charge on any atom is -0.462 e. The second-order valence-electron chi connectivity index (χ2n) is 10.3. The number of nitrogens with two attached hydrogens (primary N) is 1. The number of aromatic nitrogens is 2. The maximum absolute atomic E-state index is 13.6. The first-order chi connectivity index (χ1) is 18.1. The van der Waals surface area contributed by atoms with Crippen molar-refractivity contribution in [1.82, 2.24) is 14.6 Å². The van der Waals surface area contributed by atoms with Crippen LogP contribution in [0, 0.1) is 11.3 Å². The van der Waals surface area contributed by atoms with E-state index in [0.717, 1.165) is 16.3 Å². The van der Waals surface area contributed by atoms with Gasteiger partial charge in [0.15, 0.2) is 11.3 Å². The van der Waals surface area contributed by atoms with Gasteiger partial charge < -0.3 is 25.4 Å². The monoisotopic (exact) mass is 594 g/mol. The summed E-state index contributed by atoms with van der Waals surface area (Å²) in [5.41, 5.74) is 4.18. The lowest BCUT2D eigenvalue weighted by molar-refractivity contribution is -0.149. The highest BCUT2D eigenvalue weighted by Gasteiger charge is 2.46. The summed E-state index contributed by atoms with van der Waals surface area (Å²) in [6.07, 6.45) is -2.69. The molecular formula is C23H39N4O10PS. The van der Waals surface area contributed by atoms with Crippen molar-refractivity contribution in [2.75, 3.05) is 31.3 Å². The predicted molar refractivity (Wildman–Crippen MR) is 144 cm³/mol. The number of hydrogen-bond donors (Lipinski definition) is 4. The van der Waals surface area contributed by atoms with E-state index in [1.54, 1.807) is 34.6 Å². The lowest BCUT2D eigenvalue weighted by Crippen LogP contribution is -2.37. The van der Waals surface area contributed by atoms with Crippen LogP contribution in [0.25, 0.3) is 0 Å². The Morgan fingerprint density at radius 3 is 2.54 bits per heavy atom. The van der Waals surface area contributed by atoms with E-state index in [0.29, 0.717) is 0 Å². The van der Waals surface area contributed by atoms with E-state index in [1.165, 1.54) is 19.2 Å². The number of aliphatic hydroxyl groups excluding tert-OH is 2. The summed E-state index contributed by atoms with van der Waals surface area (Å²) in [5.74, 6) is -1.45. The van der Waals surface area contributed by atoms with Crippen molar-refractivity contribution in [1.29, 1.82) is 0 Å². The van der Waals surface area contributed by atoms with Gasteiger partial charge in [-0.3, -0.25) is 23.2 Å². The van der Waals surface area contributed by atoms with Gasteiger partial charge in [-0.1, -0.05) is 32.5 Å². The number of rotatable bonds is 13. The molecule has 0 bridgehead atoms. The predicted octanol–water partition coefficient (Wildman–Crippen LogP) is 1.07. The molecule has 2 heterocycles. The van der Waals surface area contributed by atoms with Gasteiger partial charge >= 0.3 is 19.4 Å². The Bertz CT molecular complexity index is 1100. The molecule has 1 fully saturated rings. The first-order valence-corrected chi connectivity index (χ1v) is 14.9. The molecule has 0 saturated carbocycles. The Labute approximate surface area is 231 Å². The number of ether oxygens (including phenoxy) is 2. The number of nitrogen functional groups attached to an aromatic ring is 1. The SMILES string of the molecule is CC(C)OC(=O)[C@@H](C)N[P@@](=O)(OCCSC(=O)C(C)(C)C)OC[C@H]1O[C@@H](n2ccc(N)nc2=O)[C@H](O)[C@@H]1CO. The maximum atomic E-state index is 13.6. The van der Waals surface area contributed by atoms with Gasteiger partial charge in [-0.2, -0.15) is 4.98 Å². The summed E-state index contributed by atoms with van der Waals surface area (Å²) in [6.45, 7) is 8.93. The smallest absolute Gasteiger partial charge is 0.406 e. The summed E-state index contributed by atoms with van der Waals surface area (Å²) in [6, 6.07) is 0.263. The fraction of sp³-hybridized carbons (Fsp3) is 0.739. The summed E-state index contributed by atoms with van der Waals surface area (Å²) < 4.78 is 36.6. The third-order valence-electron chi connectivity index (χ3n) is 5.52. The van der Waals surface area contributed by atoms with E-state index in [1.807, 2.05) is 0 Å². The average Bonchev–Trinajstić information content (AvgIpc) is 3.14. The molecule has 0 radical (unpaired) electrons. The Morgan fingerprint density at radius 2 is 1.97 bits per heavy atom. The Hall–Kier alpha value is -1.84. The molecule has 1 aromatic heterocycles. The first-order valence-electron chi connectivity index (χ1n) is 12.4. The molecule has 16 heteroatoms. The van der Waals surface area contributed by atoms with Crippen LogP contribution in [0.5, 0.6) is 0 Å². The van der Waals surface area contributed by atoms with Crippen LogP contribution in [0.1, 0.15) is 47.8 Å². The van der Waals surface area contributed by atoms with E-state index in [9.17, 15) is 29.2 Å². The van der Waals surface area contributed by atoms with Gasteiger partial charge in [-0.05, 0) is 26.8 Å². The van der Waals surface area contributed by atoms with E-state index in [4.69, 9.17) is 24.3 Å². The number of esters is 1. The van der Waals surface area contributed by atoms with Crippen molar-refractivity contribution >= 4 is 36.4 Å². The summed E-state index contributed by atoms with van der Waals surface area (Å²) in [4.78, 5) is 40.4. The lowest BCUT2D eigenvalue weighted by atomic mass is 9.99. The molecule has 1 aromatic rings. The van der Waals surface area contributed by atoms with Crippen LogP contribution in [0.2, 0.25) is 0 Å². The van der Waals surface area contributed by atoms with Gasteiger partial charge in [0.05, 0.1) is 32.0 Å². The highest BCUT2D eigenvalue weighted by Crippen LogP contribution is 2.46. The molecule has 6 atom stereocenters. The van der Waals surface area contributed by atoms with Crippen molar-refractivity contribution in [3.05, 3.63) is 22.7 Å². The molecule has 1 saturated heterocycles. The number of aliphatic hydroxyl groups is 2. The highest BCUT2D eigenvalue weighted by atomic mass is 32.2. The zero-order chi connectivity index (χ0) is 29.5. The molecule has 2 rings (SSSR count). The Morgan fingerprint density at radius 1 is 1.31 bits per heavy atom. The van der Waals surface area contributed by atoms with Crippen LogP contribution in [-0.2, 0) is 32.7 Å². The van der Waals surface area contributed by atoms with Crippen LogP contribution in [-0.4, -0.2) is 80.8 Å². The van der Waals surface area contributed by atoms with E-state index < -0.39 is 74.5 Å². The quantitative estimate of drug-likeness (QED) is 0.143. The number of carbonyl (C=O) groups excluding carboxylic acids is 2. The van der Waals surface area contributed by atoms with Gasteiger partial charge in [0.25, 0.3) is 0 Å². The second kappa shape index (κ2) is 14.2. The topological polar surface area (TPSA) is 202 Å². The fourth-order valence-electron chi connectivity index (χ4n) is 3.45. The highest BCUT2D eigenvalue weighted by molar-refractivity contribution is 8.13. The van der Waals surface area contributed by atoms with Crippen LogP contribution >= 0.6 is 19.5 Å². The summed E-state index contributed by atoms with van der Waals surface area (Å²) in [5, 5.41) is 23.0. The van der Waals surface area contributed by atoms with Crippen LogP contribution in [0.15, 0.2) is 17.1 Å². The maximum Gasteiger partial charge on any atom is 0.406 e. The molecule has 5 N–H and O–H groups in total. The van der Waals surface area contributed by atoms with E-state index in [-0.39, 0.29) is 23.3 Å². The minimum atomic E-state index is -4.21. The first kappa shape index (κ1) is 33.4. The lowest BCUT2D eigenvalue weighted by Gasteiger charge is -2.25. The van der Waals surface area contributed by atoms with E-state index >= 15 is 0 Å².